The minimum absolute atomic E-state index is 0.144. The number of carbonyl (C=O) groups excluding carboxylic acids is 1. The average Bonchev–Trinajstić information content (AvgIpc) is 2.42. The molecule has 0 aromatic heterocycles. The Hall–Kier alpha value is -0.570. The molecule has 0 N–H and O–H groups in total. The Morgan fingerprint density at radius 2 is 1.79 bits per heavy atom. The van der Waals surface area contributed by atoms with Crippen molar-refractivity contribution >= 4 is 5.91 Å². The second-order valence-electron chi connectivity index (χ2n) is 4.15. The Balaban J connectivity index is 2.27. The van der Waals surface area contributed by atoms with Crippen LogP contribution in [0.5, 0.6) is 0 Å². The number of likely N-dealkylation sites (tertiary alicyclic amines) is 1. The first kappa shape index (κ1) is 11.5. The van der Waals surface area contributed by atoms with Gasteiger partial charge in [-0.2, -0.15) is 0 Å². The van der Waals surface area contributed by atoms with E-state index in [0.717, 1.165) is 25.9 Å². The Kier molecular flexibility index (Phi) is 4.94. The molecule has 0 aromatic rings. The molecular formula is C11H21NO2. The van der Waals surface area contributed by atoms with Crippen LogP contribution in [0.2, 0.25) is 0 Å². The smallest absolute Gasteiger partial charge is 0.248 e. The summed E-state index contributed by atoms with van der Waals surface area (Å²) in [5.74, 6) is 0.153. The molecule has 0 bridgehead atoms. The molecule has 0 saturated carbocycles. The molecule has 1 aliphatic heterocycles. The summed E-state index contributed by atoms with van der Waals surface area (Å²) in [6.45, 7) is 5.99. The lowest BCUT2D eigenvalue weighted by Gasteiger charge is -2.20. The lowest BCUT2D eigenvalue weighted by atomic mass is 10.2. The fourth-order valence-electron chi connectivity index (χ4n) is 1.65. The molecule has 3 nitrogen and oxygen atoms in total. The van der Waals surface area contributed by atoms with Crippen LogP contribution in [0.3, 0.4) is 0 Å². The lowest BCUT2D eigenvalue weighted by Crippen LogP contribution is -2.35. The molecule has 3 heteroatoms. The summed E-state index contributed by atoms with van der Waals surface area (Å²) in [5.41, 5.74) is 0. The van der Waals surface area contributed by atoms with E-state index in [4.69, 9.17) is 4.74 Å². The highest BCUT2D eigenvalue weighted by atomic mass is 16.5. The third kappa shape index (κ3) is 4.09. The number of nitrogens with zero attached hydrogens (tertiary/aromatic N) is 1. The Morgan fingerprint density at radius 3 is 2.29 bits per heavy atom. The van der Waals surface area contributed by atoms with Crippen molar-refractivity contribution in [3.8, 4) is 0 Å². The highest BCUT2D eigenvalue weighted by molar-refractivity contribution is 5.77. The van der Waals surface area contributed by atoms with Gasteiger partial charge in [0.1, 0.15) is 6.61 Å². The van der Waals surface area contributed by atoms with Gasteiger partial charge in [-0.1, -0.05) is 12.8 Å². The highest BCUT2D eigenvalue weighted by Gasteiger charge is 2.15. The normalized spacial score (nSPS) is 18.4. The van der Waals surface area contributed by atoms with Crippen LogP contribution in [0.15, 0.2) is 0 Å². The van der Waals surface area contributed by atoms with E-state index in [2.05, 4.69) is 0 Å². The van der Waals surface area contributed by atoms with Gasteiger partial charge in [-0.15, -0.1) is 0 Å². The Morgan fingerprint density at radius 1 is 1.21 bits per heavy atom. The molecule has 14 heavy (non-hydrogen) atoms. The first-order chi connectivity index (χ1) is 6.70. The summed E-state index contributed by atoms with van der Waals surface area (Å²) in [5, 5.41) is 0. The predicted octanol–water partition coefficient (Wildman–Crippen LogP) is 1.81. The molecule has 0 radical (unpaired) electrons. The molecule has 1 aliphatic rings. The quantitative estimate of drug-likeness (QED) is 0.694. The van der Waals surface area contributed by atoms with Crippen LogP contribution in [-0.2, 0) is 9.53 Å². The Labute approximate surface area is 86.4 Å². The number of carbonyl (C=O) groups is 1. The van der Waals surface area contributed by atoms with Crippen molar-refractivity contribution in [2.75, 3.05) is 19.7 Å². The van der Waals surface area contributed by atoms with Gasteiger partial charge in [0.25, 0.3) is 0 Å². The maximum Gasteiger partial charge on any atom is 0.248 e. The Bertz CT molecular complexity index is 172. The number of rotatable bonds is 3. The monoisotopic (exact) mass is 199 g/mol. The van der Waals surface area contributed by atoms with Crippen molar-refractivity contribution in [2.24, 2.45) is 0 Å². The van der Waals surface area contributed by atoms with Gasteiger partial charge in [-0.3, -0.25) is 4.79 Å². The fraction of sp³-hybridized carbons (Fsp3) is 0.909. The van der Waals surface area contributed by atoms with Gasteiger partial charge >= 0.3 is 0 Å². The number of hydrogen-bond donors (Lipinski definition) is 0. The largest absolute Gasteiger partial charge is 0.369 e. The van der Waals surface area contributed by atoms with Gasteiger partial charge in [0.05, 0.1) is 6.10 Å². The molecule has 0 aromatic carbocycles. The molecular weight excluding hydrogens is 178 g/mol. The van der Waals surface area contributed by atoms with Crippen molar-refractivity contribution < 1.29 is 9.53 Å². The molecule has 0 spiro atoms. The first-order valence-electron chi connectivity index (χ1n) is 5.59. The van der Waals surface area contributed by atoms with Gasteiger partial charge in [-0.25, -0.2) is 0 Å². The van der Waals surface area contributed by atoms with Crippen LogP contribution in [0.25, 0.3) is 0 Å². The zero-order chi connectivity index (χ0) is 10.4. The van der Waals surface area contributed by atoms with Gasteiger partial charge in [0, 0.05) is 13.1 Å². The highest BCUT2D eigenvalue weighted by Crippen LogP contribution is 2.09. The topological polar surface area (TPSA) is 29.5 Å². The van der Waals surface area contributed by atoms with E-state index in [1.165, 1.54) is 12.8 Å². The van der Waals surface area contributed by atoms with Crippen molar-refractivity contribution in [2.45, 2.75) is 45.6 Å². The SMILES string of the molecule is CC(C)OCC(=O)N1CCCCCC1. The van der Waals surface area contributed by atoms with E-state index in [1.54, 1.807) is 0 Å². The maximum absolute atomic E-state index is 11.7. The minimum atomic E-state index is 0.144. The summed E-state index contributed by atoms with van der Waals surface area (Å²) in [4.78, 5) is 13.6. The predicted molar refractivity (Wildman–Crippen MR) is 56.1 cm³/mol. The van der Waals surface area contributed by atoms with Gasteiger partial charge in [0.15, 0.2) is 0 Å². The van der Waals surface area contributed by atoms with Gasteiger partial charge in [-0.05, 0) is 26.7 Å². The van der Waals surface area contributed by atoms with Crippen molar-refractivity contribution in [1.29, 1.82) is 0 Å². The molecule has 0 atom stereocenters. The minimum Gasteiger partial charge on any atom is -0.369 e. The zero-order valence-electron chi connectivity index (χ0n) is 9.29. The summed E-state index contributed by atoms with van der Waals surface area (Å²) in [6, 6.07) is 0. The van der Waals surface area contributed by atoms with E-state index in [9.17, 15) is 4.79 Å². The second kappa shape index (κ2) is 6.02. The molecule has 0 unspecified atom stereocenters. The van der Waals surface area contributed by atoms with Crippen LogP contribution in [0.4, 0.5) is 0 Å². The summed E-state index contributed by atoms with van der Waals surface area (Å²) in [7, 11) is 0. The maximum atomic E-state index is 11.7. The van der Waals surface area contributed by atoms with E-state index in [0.29, 0.717) is 0 Å². The van der Waals surface area contributed by atoms with Crippen LogP contribution in [0.1, 0.15) is 39.5 Å². The molecule has 1 fully saturated rings. The van der Waals surface area contributed by atoms with Crippen molar-refractivity contribution in [1.82, 2.24) is 4.90 Å². The molecule has 82 valence electrons. The summed E-state index contributed by atoms with van der Waals surface area (Å²) < 4.78 is 5.31. The fourth-order valence-corrected chi connectivity index (χ4v) is 1.65. The first-order valence-corrected chi connectivity index (χ1v) is 5.59. The zero-order valence-corrected chi connectivity index (χ0v) is 9.29. The number of ether oxygens (including phenoxy) is 1. The third-order valence-electron chi connectivity index (χ3n) is 2.50. The second-order valence-corrected chi connectivity index (χ2v) is 4.15. The molecule has 0 aliphatic carbocycles. The van der Waals surface area contributed by atoms with Crippen molar-refractivity contribution in [3.63, 3.8) is 0 Å². The average molecular weight is 199 g/mol. The third-order valence-corrected chi connectivity index (χ3v) is 2.50. The van der Waals surface area contributed by atoms with E-state index in [1.807, 2.05) is 18.7 Å². The van der Waals surface area contributed by atoms with Crippen LogP contribution >= 0.6 is 0 Å². The van der Waals surface area contributed by atoms with Gasteiger partial charge < -0.3 is 9.64 Å². The van der Waals surface area contributed by atoms with E-state index in [-0.39, 0.29) is 18.6 Å². The molecule has 1 saturated heterocycles. The van der Waals surface area contributed by atoms with E-state index < -0.39 is 0 Å². The summed E-state index contributed by atoms with van der Waals surface area (Å²) >= 11 is 0. The lowest BCUT2D eigenvalue weighted by molar-refractivity contribution is -0.137. The molecule has 1 amide bonds. The number of hydrogen-bond acceptors (Lipinski definition) is 2. The summed E-state index contributed by atoms with van der Waals surface area (Å²) in [6.07, 6.45) is 4.95. The number of amides is 1. The molecule has 1 rings (SSSR count). The van der Waals surface area contributed by atoms with Crippen LogP contribution < -0.4 is 0 Å². The standard InChI is InChI=1S/C11H21NO2/c1-10(2)14-9-11(13)12-7-5-3-4-6-8-12/h10H,3-9H2,1-2H3. The van der Waals surface area contributed by atoms with E-state index >= 15 is 0 Å². The van der Waals surface area contributed by atoms with Crippen LogP contribution in [0, 0.1) is 0 Å². The van der Waals surface area contributed by atoms with Gasteiger partial charge in [0.2, 0.25) is 5.91 Å². The van der Waals surface area contributed by atoms with Crippen molar-refractivity contribution in [3.05, 3.63) is 0 Å². The van der Waals surface area contributed by atoms with Crippen LogP contribution in [-0.4, -0.2) is 36.6 Å². The molecule has 1 heterocycles.